The van der Waals surface area contributed by atoms with Crippen molar-refractivity contribution in [1.82, 2.24) is 15.2 Å². The van der Waals surface area contributed by atoms with E-state index in [1.807, 2.05) is 38.2 Å². The Kier molecular flexibility index (Phi) is 6.23. The van der Waals surface area contributed by atoms with Crippen LogP contribution in [0.3, 0.4) is 0 Å². The van der Waals surface area contributed by atoms with E-state index >= 15 is 0 Å². The zero-order valence-corrected chi connectivity index (χ0v) is 16.3. The summed E-state index contributed by atoms with van der Waals surface area (Å²) < 4.78 is 0. The van der Waals surface area contributed by atoms with Crippen LogP contribution in [0.15, 0.2) is 35.5 Å². The van der Waals surface area contributed by atoms with E-state index in [0.717, 1.165) is 27.8 Å². The van der Waals surface area contributed by atoms with E-state index in [2.05, 4.69) is 21.4 Å². The number of para-hydroxylation sites is 1. The molecule has 0 unspecified atom stereocenters. The third-order valence-corrected chi connectivity index (χ3v) is 5.05. The number of hydrogen-bond donors (Lipinski definition) is 2. The van der Waals surface area contributed by atoms with Gasteiger partial charge in [0.05, 0.1) is 0 Å². The highest BCUT2D eigenvalue weighted by Gasteiger charge is 2.42. The zero-order valence-electron chi connectivity index (χ0n) is 16.3. The number of carbonyl (C=O) groups is 3. The van der Waals surface area contributed by atoms with Crippen molar-refractivity contribution in [2.24, 2.45) is 10.9 Å². The van der Waals surface area contributed by atoms with Crippen LogP contribution in [0.2, 0.25) is 0 Å². The lowest BCUT2D eigenvalue weighted by Gasteiger charge is -2.30. The van der Waals surface area contributed by atoms with E-state index < -0.39 is 23.8 Å². The number of carbonyl (C=O) groups excluding carboxylic acids is 3. The Morgan fingerprint density at radius 1 is 1.18 bits per heavy atom. The van der Waals surface area contributed by atoms with E-state index in [9.17, 15) is 14.4 Å². The molecule has 1 atom stereocenters. The molecule has 0 bridgehead atoms. The Labute approximate surface area is 164 Å². The van der Waals surface area contributed by atoms with Gasteiger partial charge in [-0.15, -0.1) is 0 Å². The monoisotopic (exact) mass is 382 g/mol. The summed E-state index contributed by atoms with van der Waals surface area (Å²) in [6.07, 6.45) is 4.71. The summed E-state index contributed by atoms with van der Waals surface area (Å²) in [6, 6.07) is 7.42. The van der Waals surface area contributed by atoms with E-state index in [1.165, 1.54) is 0 Å². The van der Waals surface area contributed by atoms with Crippen molar-refractivity contribution >= 4 is 34.5 Å². The largest absolute Gasteiger partial charge is 0.361 e. The molecule has 4 amide bonds. The first-order valence-electron chi connectivity index (χ1n) is 9.81. The van der Waals surface area contributed by atoms with Gasteiger partial charge in [0, 0.05) is 35.9 Å². The summed E-state index contributed by atoms with van der Waals surface area (Å²) in [6.45, 7) is 4.65. The number of aromatic nitrogens is 1. The summed E-state index contributed by atoms with van der Waals surface area (Å²) in [7, 11) is 0. The molecule has 0 aliphatic carbocycles. The normalized spacial score (nSPS) is 18.1. The Hall–Kier alpha value is -2.96. The Bertz CT molecular complexity index is 915. The molecule has 7 heteroatoms. The van der Waals surface area contributed by atoms with Gasteiger partial charge in [-0.05, 0) is 30.9 Å². The topological polar surface area (TPSA) is 94.6 Å². The van der Waals surface area contributed by atoms with Crippen LogP contribution < -0.4 is 5.32 Å². The summed E-state index contributed by atoms with van der Waals surface area (Å²) >= 11 is 0. The molecule has 28 heavy (non-hydrogen) atoms. The van der Waals surface area contributed by atoms with Crippen molar-refractivity contribution in [3.63, 3.8) is 0 Å². The first-order valence-corrected chi connectivity index (χ1v) is 9.81. The number of imide groups is 2. The lowest BCUT2D eigenvalue weighted by molar-refractivity contribution is -0.139. The molecule has 1 aromatic heterocycles. The fraction of sp³-hybridized carbons (Fsp3) is 0.429. The number of aliphatic imine (C=N–C) groups is 1. The van der Waals surface area contributed by atoms with Crippen LogP contribution in [-0.2, 0) is 16.0 Å². The van der Waals surface area contributed by atoms with Gasteiger partial charge in [0.2, 0.25) is 11.8 Å². The van der Waals surface area contributed by atoms with E-state index in [1.54, 1.807) is 0 Å². The van der Waals surface area contributed by atoms with Crippen LogP contribution in [-0.4, -0.2) is 46.5 Å². The number of nitrogens with one attached hydrogen (secondary N) is 2. The summed E-state index contributed by atoms with van der Waals surface area (Å²) in [4.78, 5) is 46.1. The number of urea groups is 1. The highest BCUT2D eigenvalue weighted by Crippen LogP contribution is 2.19. The van der Waals surface area contributed by atoms with Gasteiger partial charge < -0.3 is 4.98 Å². The van der Waals surface area contributed by atoms with Crippen LogP contribution in [0.25, 0.3) is 10.9 Å². The fourth-order valence-electron chi connectivity index (χ4n) is 3.50. The van der Waals surface area contributed by atoms with Crippen molar-refractivity contribution in [3.8, 4) is 0 Å². The molecule has 148 valence electrons. The molecule has 3 rings (SSSR count). The van der Waals surface area contributed by atoms with Crippen molar-refractivity contribution in [1.29, 1.82) is 0 Å². The number of amides is 4. The molecule has 1 saturated heterocycles. The molecule has 0 radical (unpaired) electrons. The predicted octanol–water partition coefficient (Wildman–Crippen LogP) is 3.06. The molecule has 1 aliphatic rings. The van der Waals surface area contributed by atoms with E-state index in [4.69, 9.17) is 0 Å². The second kappa shape index (κ2) is 8.82. The lowest BCUT2D eigenvalue weighted by atomic mass is 9.96. The Balaban J connectivity index is 1.74. The smallest absolute Gasteiger partial charge is 0.330 e. The van der Waals surface area contributed by atoms with Crippen molar-refractivity contribution in [2.75, 3.05) is 13.1 Å². The second-order valence-electron chi connectivity index (χ2n) is 6.91. The van der Waals surface area contributed by atoms with Crippen molar-refractivity contribution in [3.05, 3.63) is 36.0 Å². The molecule has 7 nitrogen and oxygen atoms in total. The number of rotatable bonds is 8. The van der Waals surface area contributed by atoms with Gasteiger partial charge in [-0.1, -0.05) is 38.5 Å². The maximum atomic E-state index is 12.8. The molecule has 2 N–H and O–H groups in total. The van der Waals surface area contributed by atoms with Crippen LogP contribution in [0.5, 0.6) is 0 Å². The SMILES string of the molecule is CCCCN1C(=O)NC(=O)[C@@H](C(CC)=NCCc2c[nH]c3ccccc23)C1=O. The molecule has 0 saturated carbocycles. The third-order valence-electron chi connectivity index (χ3n) is 5.05. The van der Waals surface area contributed by atoms with Crippen LogP contribution in [0.1, 0.15) is 38.7 Å². The number of aromatic amines is 1. The van der Waals surface area contributed by atoms with Gasteiger partial charge in [0.25, 0.3) is 0 Å². The summed E-state index contributed by atoms with van der Waals surface area (Å²) in [5.41, 5.74) is 2.74. The summed E-state index contributed by atoms with van der Waals surface area (Å²) in [5, 5.41) is 3.45. The van der Waals surface area contributed by atoms with E-state index in [0.29, 0.717) is 38.1 Å². The molecule has 2 aromatic rings. The summed E-state index contributed by atoms with van der Waals surface area (Å²) in [5.74, 6) is -2.05. The molecule has 1 aromatic carbocycles. The first-order chi connectivity index (χ1) is 13.6. The number of barbiturate groups is 1. The Morgan fingerprint density at radius 2 is 1.96 bits per heavy atom. The lowest BCUT2D eigenvalue weighted by Crippen LogP contribution is -2.60. The highest BCUT2D eigenvalue weighted by molar-refractivity contribution is 6.27. The molecular weight excluding hydrogens is 356 g/mol. The number of H-pyrrole nitrogens is 1. The van der Waals surface area contributed by atoms with E-state index in [-0.39, 0.29) is 0 Å². The minimum atomic E-state index is -1.01. The van der Waals surface area contributed by atoms with Gasteiger partial charge in [-0.2, -0.15) is 0 Å². The average molecular weight is 382 g/mol. The molecule has 2 heterocycles. The minimum Gasteiger partial charge on any atom is -0.361 e. The number of benzene rings is 1. The number of unbranched alkanes of at least 4 members (excludes halogenated alkanes) is 1. The maximum Gasteiger partial charge on any atom is 0.330 e. The van der Waals surface area contributed by atoms with Gasteiger partial charge in [-0.25, -0.2) is 4.79 Å². The van der Waals surface area contributed by atoms with Gasteiger partial charge in [0.1, 0.15) is 0 Å². The van der Waals surface area contributed by atoms with Gasteiger partial charge in [0.15, 0.2) is 5.92 Å². The predicted molar refractivity (Wildman–Crippen MR) is 108 cm³/mol. The molecule has 0 spiro atoms. The number of hydrogen-bond acceptors (Lipinski definition) is 4. The molecule has 1 aliphatic heterocycles. The first kappa shape index (κ1) is 19.8. The number of fused-ring (bicyclic) bond motifs is 1. The quantitative estimate of drug-likeness (QED) is 0.543. The van der Waals surface area contributed by atoms with Crippen molar-refractivity contribution < 1.29 is 14.4 Å². The zero-order chi connectivity index (χ0) is 20.1. The van der Waals surface area contributed by atoms with Gasteiger partial charge >= 0.3 is 6.03 Å². The van der Waals surface area contributed by atoms with Crippen molar-refractivity contribution in [2.45, 2.75) is 39.5 Å². The van der Waals surface area contributed by atoms with Crippen LogP contribution in [0.4, 0.5) is 4.79 Å². The standard InChI is InChI=1S/C21H26N4O3/c1-3-5-12-25-20(27)18(19(26)24-21(25)28)16(4-2)22-11-10-14-13-23-17-9-7-6-8-15(14)17/h6-9,13,18,23H,3-5,10-12H2,1-2H3,(H,24,26,28)/t18-/m1/s1. The van der Waals surface area contributed by atoms with Crippen LogP contribution in [0, 0.1) is 5.92 Å². The minimum absolute atomic E-state index is 0.317. The average Bonchev–Trinajstić information content (AvgIpc) is 3.09. The molecule has 1 fully saturated rings. The van der Waals surface area contributed by atoms with Crippen LogP contribution >= 0.6 is 0 Å². The number of nitrogens with zero attached hydrogens (tertiary/aromatic N) is 2. The maximum absolute atomic E-state index is 12.8. The highest BCUT2D eigenvalue weighted by atomic mass is 16.2. The Morgan fingerprint density at radius 3 is 2.71 bits per heavy atom. The second-order valence-corrected chi connectivity index (χ2v) is 6.91. The van der Waals surface area contributed by atoms with Gasteiger partial charge in [-0.3, -0.25) is 24.8 Å². The third kappa shape index (κ3) is 3.98. The fourth-order valence-corrected chi connectivity index (χ4v) is 3.50. The molecular formula is C21H26N4O3.